The van der Waals surface area contributed by atoms with Crippen LogP contribution in [0.15, 0.2) is 34.3 Å². The van der Waals surface area contributed by atoms with Crippen molar-refractivity contribution in [1.82, 2.24) is 9.97 Å². The molecule has 0 unspecified atom stereocenters. The molecule has 3 heterocycles. The number of nitrogens with two attached hydrogens (primary N) is 2. The molecule has 1 aromatic heterocycles. The lowest BCUT2D eigenvalue weighted by Gasteiger charge is -2.39. The number of carbonyl (C=O) groups is 2. The average Bonchev–Trinajstić information content (AvgIpc) is 3.06. The number of hydrogen-bond acceptors (Lipinski definition) is 8. The van der Waals surface area contributed by atoms with Gasteiger partial charge in [0.2, 0.25) is 5.91 Å². The van der Waals surface area contributed by atoms with E-state index in [9.17, 15) is 18.4 Å². The zero-order valence-corrected chi connectivity index (χ0v) is 19.7. The Morgan fingerprint density at radius 1 is 1.26 bits per heavy atom. The molecule has 1 fully saturated rings. The Balaban J connectivity index is 1.50. The molecule has 182 valence electrons. The number of carbonyl (C=O) groups excluding carboxylic acids is 2. The molecule has 0 atom stereocenters. The van der Waals surface area contributed by atoms with Gasteiger partial charge in [0, 0.05) is 30.3 Å². The van der Waals surface area contributed by atoms with Gasteiger partial charge in [0.1, 0.15) is 10.8 Å². The van der Waals surface area contributed by atoms with Crippen molar-refractivity contribution in [1.29, 1.82) is 0 Å². The lowest BCUT2D eigenvalue weighted by atomic mass is 9.81. The summed E-state index contributed by atoms with van der Waals surface area (Å²) >= 11 is 1.00. The Hall–Kier alpha value is -3.15. The maximum Gasteiger partial charge on any atom is 0.404 e. The number of nitrogens with zero attached hydrogens (tertiary/aromatic N) is 4. The van der Waals surface area contributed by atoms with Crippen molar-refractivity contribution in [2.24, 2.45) is 11.1 Å². The van der Waals surface area contributed by atoms with Crippen LogP contribution in [0.5, 0.6) is 0 Å². The second-order valence-corrected chi connectivity index (χ2v) is 9.92. The number of aromatic nitrogens is 2. The van der Waals surface area contributed by atoms with Gasteiger partial charge in [0.25, 0.3) is 5.92 Å². The first-order chi connectivity index (χ1) is 16.0. The van der Waals surface area contributed by atoms with E-state index in [0.29, 0.717) is 23.9 Å². The predicted molar refractivity (Wildman–Crippen MR) is 124 cm³/mol. The van der Waals surface area contributed by atoms with Crippen molar-refractivity contribution < 1.29 is 23.1 Å². The first-order valence-electron chi connectivity index (χ1n) is 10.8. The van der Waals surface area contributed by atoms with Gasteiger partial charge in [-0.05, 0) is 25.0 Å². The summed E-state index contributed by atoms with van der Waals surface area (Å²) in [5, 5.41) is 0.311. The Kier molecular flexibility index (Phi) is 6.28. The van der Waals surface area contributed by atoms with Crippen LogP contribution in [-0.4, -0.2) is 48.2 Å². The lowest BCUT2D eigenvalue weighted by Crippen LogP contribution is -2.42. The van der Waals surface area contributed by atoms with Gasteiger partial charge in [0.05, 0.1) is 30.6 Å². The van der Waals surface area contributed by atoms with Crippen LogP contribution in [-0.2, 0) is 15.5 Å². The van der Waals surface area contributed by atoms with Crippen molar-refractivity contribution in [3.63, 3.8) is 0 Å². The van der Waals surface area contributed by atoms with E-state index in [0.717, 1.165) is 29.5 Å². The van der Waals surface area contributed by atoms with Crippen molar-refractivity contribution in [3.05, 3.63) is 30.0 Å². The molecule has 9 nitrogen and oxygen atoms in total. The number of ether oxygens (including phenoxy) is 1. The summed E-state index contributed by atoms with van der Waals surface area (Å²) in [5.74, 6) is -2.89. The topological polar surface area (TPSA) is 128 Å². The van der Waals surface area contributed by atoms with Gasteiger partial charge in [-0.1, -0.05) is 24.8 Å². The molecule has 34 heavy (non-hydrogen) atoms. The SMILES string of the molecule is CC(=O)N1CC(F)(F)c2c(Sc3ncc(N4CCC(C)(COC(N)=O)CC4)nc3N)cccc21. The standard InChI is InChI=1S/C22H26F2N6O3S/c1-13(31)30-11-22(23,24)17-14(30)4-3-5-15(17)34-19-18(25)28-16(10-27-19)29-8-6-21(2,7-9-29)12-33-20(26)32/h3-5,10H,6-9,11-12H2,1-2H3,(H2,25,28)(H2,26,32). The zero-order chi connectivity index (χ0) is 24.7. The Bertz CT molecular complexity index is 1120. The minimum absolute atomic E-state index is 0.134. The van der Waals surface area contributed by atoms with Crippen LogP contribution in [0.1, 0.15) is 32.3 Å². The lowest BCUT2D eigenvalue weighted by molar-refractivity contribution is -0.117. The summed E-state index contributed by atoms with van der Waals surface area (Å²) in [7, 11) is 0. The zero-order valence-electron chi connectivity index (χ0n) is 18.9. The van der Waals surface area contributed by atoms with E-state index in [-0.39, 0.29) is 34.0 Å². The first kappa shape index (κ1) is 24.0. The highest BCUT2D eigenvalue weighted by Crippen LogP contribution is 2.49. The third-order valence-electron chi connectivity index (χ3n) is 6.21. The summed E-state index contributed by atoms with van der Waals surface area (Å²) in [5.41, 5.74) is 11.0. The van der Waals surface area contributed by atoms with Crippen molar-refractivity contribution >= 4 is 41.1 Å². The van der Waals surface area contributed by atoms with E-state index in [1.54, 1.807) is 18.3 Å². The fourth-order valence-corrected chi connectivity index (χ4v) is 5.19. The Morgan fingerprint density at radius 3 is 2.59 bits per heavy atom. The summed E-state index contributed by atoms with van der Waals surface area (Å²) in [4.78, 5) is 35.0. The van der Waals surface area contributed by atoms with Crippen LogP contribution in [0.4, 0.5) is 30.9 Å². The van der Waals surface area contributed by atoms with Crippen molar-refractivity contribution in [3.8, 4) is 0 Å². The number of rotatable bonds is 5. The molecule has 0 aliphatic carbocycles. The number of nitrogen functional groups attached to an aromatic ring is 1. The van der Waals surface area contributed by atoms with Crippen molar-refractivity contribution in [2.75, 3.05) is 41.8 Å². The fraction of sp³-hybridized carbons (Fsp3) is 0.455. The van der Waals surface area contributed by atoms with Gasteiger partial charge in [-0.3, -0.25) is 4.79 Å². The highest BCUT2D eigenvalue weighted by Gasteiger charge is 2.47. The molecular formula is C22H26F2N6O3S. The monoisotopic (exact) mass is 492 g/mol. The molecular weight excluding hydrogens is 466 g/mol. The molecule has 0 radical (unpaired) electrons. The predicted octanol–water partition coefficient (Wildman–Crippen LogP) is 3.37. The molecule has 1 saturated heterocycles. The second-order valence-electron chi connectivity index (χ2n) is 8.89. The number of halogens is 2. The molecule has 0 bridgehead atoms. The largest absolute Gasteiger partial charge is 0.449 e. The van der Waals surface area contributed by atoms with E-state index >= 15 is 0 Å². The average molecular weight is 493 g/mol. The number of benzene rings is 1. The molecule has 2 amide bonds. The molecule has 4 N–H and O–H groups in total. The van der Waals surface area contributed by atoms with Crippen molar-refractivity contribution in [2.45, 2.75) is 42.5 Å². The van der Waals surface area contributed by atoms with Crippen LogP contribution >= 0.6 is 11.8 Å². The number of alkyl halides is 2. The van der Waals surface area contributed by atoms with Gasteiger partial charge >= 0.3 is 6.09 Å². The number of primary amides is 1. The highest BCUT2D eigenvalue weighted by atomic mass is 32.2. The maximum absolute atomic E-state index is 14.8. The Labute approximate surface area is 199 Å². The van der Waals surface area contributed by atoms with E-state index in [4.69, 9.17) is 16.2 Å². The second kappa shape index (κ2) is 8.90. The van der Waals surface area contributed by atoms with Gasteiger partial charge in [-0.2, -0.15) is 8.78 Å². The summed E-state index contributed by atoms with van der Waals surface area (Å²) in [6, 6.07) is 4.71. The number of hydrogen-bond donors (Lipinski definition) is 2. The number of anilines is 3. The normalized spacial score (nSPS) is 18.5. The van der Waals surface area contributed by atoms with E-state index < -0.39 is 24.5 Å². The summed E-state index contributed by atoms with van der Waals surface area (Å²) in [6.07, 6.45) is 2.31. The smallest absolute Gasteiger partial charge is 0.404 e. The van der Waals surface area contributed by atoms with Crippen LogP contribution in [0.3, 0.4) is 0 Å². The summed E-state index contributed by atoms with van der Waals surface area (Å²) in [6.45, 7) is 4.20. The molecule has 2 aliphatic rings. The third-order valence-corrected chi connectivity index (χ3v) is 7.28. The molecule has 12 heteroatoms. The summed E-state index contributed by atoms with van der Waals surface area (Å²) < 4.78 is 34.5. The van der Waals surface area contributed by atoms with Crippen LogP contribution in [0.2, 0.25) is 0 Å². The van der Waals surface area contributed by atoms with Gasteiger partial charge in [0.15, 0.2) is 5.82 Å². The van der Waals surface area contributed by atoms with Gasteiger partial charge in [-0.25, -0.2) is 14.8 Å². The molecule has 2 aromatic rings. The van der Waals surface area contributed by atoms with Crippen LogP contribution < -0.4 is 21.3 Å². The quantitative estimate of drug-likeness (QED) is 0.650. The molecule has 4 rings (SSSR count). The molecule has 2 aliphatic heterocycles. The minimum Gasteiger partial charge on any atom is -0.449 e. The molecule has 0 saturated carbocycles. The maximum atomic E-state index is 14.8. The van der Waals surface area contributed by atoms with E-state index in [1.165, 1.54) is 13.0 Å². The van der Waals surface area contributed by atoms with E-state index in [1.807, 2.05) is 11.8 Å². The molecule has 1 aromatic carbocycles. The highest BCUT2D eigenvalue weighted by molar-refractivity contribution is 7.99. The number of piperidine rings is 1. The first-order valence-corrected chi connectivity index (χ1v) is 11.6. The van der Waals surface area contributed by atoms with Gasteiger partial charge in [-0.15, -0.1) is 0 Å². The Morgan fingerprint density at radius 2 is 1.97 bits per heavy atom. The molecule has 0 spiro atoms. The number of amides is 2. The van der Waals surface area contributed by atoms with E-state index in [2.05, 4.69) is 9.97 Å². The number of fused-ring (bicyclic) bond motifs is 1. The minimum atomic E-state index is -3.18. The van der Waals surface area contributed by atoms with Crippen LogP contribution in [0.25, 0.3) is 0 Å². The van der Waals surface area contributed by atoms with Crippen LogP contribution in [0, 0.1) is 5.41 Å². The third kappa shape index (κ3) is 4.72. The van der Waals surface area contributed by atoms with Gasteiger partial charge < -0.3 is 26.0 Å². The fourth-order valence-electron chi connectivity index (χ4n) is 4.22.